The Morgan fingerprint density at radius 3 is 2.45 bits per heavy atom. The van der Waals surface area contributed by atoms with Crippen LogP contribution < -0.4 is 19.6 Å². The molecule has 0 radical (unpaired) electrons. The van der Waals surface area contributed by atoms with Crippen molar-refractivity contribution in [3.8, 4) is 5.75 Å². The number of rotatable bonds is 6. The van der Waals surface area contributed by atoms with E-state index in [0.29, 0.717) is 32.2 Å². The number of nitrogens with zero attached hydrogens (tertiary/aromatic N) is 2. The van der Waals surface area contributed by atoms with Crippen LogP contribution in [-0.2, 0) is 9.53 Å². The van der Waals surface area contributed by atoms with E-state index in [2.05, 4.69) is 4.99 Å². The van der Waals surface area contributed by atoms with E-state index in [1.165, 1.54) is 11.3 Å². The van der Waals surface area contributed by atoms with Gasteiger partial charge in [-0.05, 0) is 62.2 Å². The number of benzene rings is 2. The van der Waals surface area contributed by atoms with Crippen LogP contribution in [0.4, 0.5) is 0 Å². The lowest BCUT2D eigenvalue weighted by Crippen LogP contribution is -2.39. The minimum atomic E-state index is -0.650. The van der Waals surface area contributed by atoms with Gasteiger partial charge in [-0.2, -0.15) is 0 Å². The molecule has 33 heavy (non-hydrogen) atoms. The molecule has 4 rings (SSSR count). The van der Waals surface area contributed by atoms with Crippen molar-refractivity contribution in [2.24, 2.45) is 4.99 Å². The monoisotopic (exact) mass is 482 g/mol. The van der Waals surface area contributed by atoms with Crippen LogP contribution in [-0.4, -0.2) is 23.8 Å². The Labute approximate surface area is 200 Å². The Morgan fingerprint density at radius 1 is 1.12 bits per heavy atom. The van der Waals surface area contributed by atoms with Crippen molar-refractivity contribution >= 4 is 35.0 Å². The smallest absolute Gasteiger partial charge is 0.338 e. The summed E-state index contributed by atoms with van der Waals surface area (Å²) < 4.78 is 13.0. The van der Waals surface area contributed by atoms with Crippen molar-refractivity contribution in [2.75, 3.05) is 13.2 Å². The van der Waals surface area contributed by atoms with E-state index >= 15 is 0 Å². The first-order valence-electron chi connectivity index (χ1n) is 10.6. The molecular formula is C25H23ClN2O4S. The molecule has 0 spiro atoms. The van der Waals surface area contributed by atoms with Crippen LogP contribution in [0.5, 0.6) is 5.75 Å². The van der Waals surface area contributed by atoms with Crippen molar-refractivity contribution < 1.29 is 14.3 Å². The van der Waals surface area contributed by atoms with Crippen LogP contribution in [0, 0.1) is 0 Å². The first-order valence-corrected chi connectivity index (χ1v) is 11.8. The van der Waals surface area contributed by atoms with Gasteiger partial charge in [0.25, 0.3) is 5.56 Å². The predicted molar refractivity (Wildman–Crippen MR) is 129 cm³/mol. The normalized spacial score (nSPS) is 15.8. The highest BCUT2D eigenvalue weighted by Gasteiger charge is 2.33. The summed E-state index contributed by atoms with van der Waals surface area (Å²) in [5.41, 5.74) is 2.29. The predicted octanol–water partition coefficient (Wildman–Crippen LogP) is 3.85. The molecule has 1 aliphatic rings. The van der Waals surface area contributed by atoms with Gasteiger partial charge in [-0.3, -0.25) is 9.36 Å². The molecule has 1 aromatic heterocycles. The molecule has 8 heteroatoms. The Balaban J connectivity index is 1.90. The fourth-order valence-corrected chi connectivity index (χ4v) is 4.90. The van der Waals surface area contributed by atoms with Gasteiger partial charge >= 0.3 is 5.97 Å². The molecule has 2 heterocycles. The SMILES string of the molecule is CCOC(=O)C1=C(C)N=c2s/c(=C\c3ccc(Cl)cc3)c(=O)n2C1c1ccc(OCC)cc1. The van der Waals surface area contributed by atoms with Crippen molar-refractivity contribution in [3.63, 3.8) is 0 Å². The van der Waals surface area contributed by atoms with Gasteiger partial charge in [0, 0.05) is 5.02 Å². The summed E-state index contributed by atoms with van der Waals surface area (Å²) in [6.07, 6.45) is 1.80. The van der Waals surface area contributed by atoms with Crippen LogP contribution >= 0.6 is 22.9 Å². The molecule has 0 aliphatic carbocycles. The Kier molecular flexibility index (Phi) is 6.81. The largest absolute Gasteiger partial charge is 0.494 e. The van der Waals surface area contributed by atoms with Gasteiger partial charge in [0.15, 0.2) is 4.80 Å². The molecule has 0 saturated carbocycles. The Bertz CT molecular complexity index is 1390. The fraction of sp³-hybridized carbons (Fsp3) is 0.240. The number of aromatic nitrogens is 1. The number of ether oxygens (including phenoxy) is 2. The lowest BCUT2D eigenvalue weighted by molar-refractivity contribution is -0.139. The number of hydrogen-bond donors (Lipinski definition) is 0. The summed E-state index contributed by atoms with van der Waals surface area (Å²) >= 11 is 7.27. The van der Waals surface area contributed by atoms with Crippen molar-refractivity contribution in [1.29, 1.82) is 0 Å². The van der Waals surface area contributed by atoms with E-state index in [-0.39, 0.29) is 12.2 Å². The third-order valence-corrected chi connectivity index (χ3v) is 6.43. The summed E-state index contributed by atoms with van der Waals surface area (Å²) in [5, 5.41) is 0.624. The van der Waals surface area contributed by atoms with Gasteiger partial charge in [-0.1, -0.05) is 47.2 Å². The van der Waals surface area contributed by atoms with Crippen LogP contribution in [0.1, 0.15) is 37.9 Å². The lowest BCUT2D eigenvalue weighted by Gasteiger charge is -2.24. The first-order chi connectivity index (χ1) is 15.9. The summed E-state index contributed by atoms with van der Waals surface area (Å²) in [7, 11) is 0. The lowest BCUT2D eigenvalue weighted by atomic mass is 9.96. The number of esters is 1. The molecule has 1 aliphatic heterocycles. The first kappa shape index (κ1) is 23.0. The molecule has 0 saturated heterocycles. The molecule has 0 N–H and O–H groups in total. The van der Waals surface area contributed by atoms with Gasteiger partial charge in [-0.25, -0.2) is 9.79 Å². The zero-order chi connectivity index (χ0) is 23.5. The van der Waals surface area contributed by atoms with E-state index in [1.54, 1.807) is 36.6 Å². The van der Waals surface area contributed by atoms with Gasteiger partial charge in [0.1, 0.15) is 5.75 Å². The van der Waals surface area contributed by atoms with Crippen molar-refractivity contribution in [1.82, 2.24) is 4.57 Å². The molecule has 3 aromatic rings. The van der Waals surface area contributed by atoms with Gasteiger partial charge in [0.05, 0.1) is 35.1 Å². The molecular weight excluding hydrogens is 460 g/mol. The van der Waals surface area contributed by atoms with Crippen molar-refractivity contribution in [3.05, 3.63) is 95.6 Å². The zero-order valence-corrected chi connectivity index (χ0v) is 20.1. The van der Waals surface area contributed by atoms with E-state index < -0.39 is 12.0 Å². The molecule has 1 atom stereocenters. The average Bonchev–Trinajstić information content (AvgIpc) is 3.10. The van der Waals surface area contributed by atoms with E-state index in [4.69, 9.17) is 21.1 Å². The van der Waals surface area contributed by atoms with E-state index in [9.17, 15) is 9.59 Å². The third kappa shape index (κ3) is 4.65. The second kappa shape index (κ2) is 9.77. The second-order valence-corrected chi connectivity index (χ2v) is 8.80. The molecule has 1 unspecified atom stereocenters. The topological polar surface area (TPSA) is 69.9 Å². The maximum absolute atomic E-state index is 13.5. The molecule has 0 fully saturated rings. The molecule has 0 amide bonds. The number of carbonyl (C=O) groups excluding carboxylic acids is 1. The molecule has 2 aromatic carbocycles. The summed E-state index contributed by atoms with van der Waals surface area (Å²) in [5.74, 6) is 0.236. The highest BCUT2D eigenvalue weighted by atomic mass is 35.5. The maximum Gasteiger partial charge on any atom is 0.338 e. The van der Waals surface area contributed by atoms with Crippen LogP contribution in [0.25, 0.3) is 6.08 Å². The Hall–Kier alpha value is -3.16. The number of thiazole rings is 1. The molecule has 0 bridgehead atoms. The summed E-state index contributed by atoms with van der Waals surface area (Å²) in [6.45, 7) is 6.21. The number of fused-ring (bicyclic) bond motifs is 1. The van der Waals surface area contributed by atoms with Gasteiger partial charge in [0.2, 0.25) is 0 Å². The molecule has 6 nitrogen and oxygen atoms in total. The average molecular weight is 483 g/mol. The highest BCUT2D eigenvalue weighted by molar-refractivity contribution is 7.07. The third-order valence-electron chi connectivity index (χ3n) is 5.19. The van der Waals surface area contributed by atoms with E-state index in [0.717, 1.165) is 16.9 Å². The Morgan fingerprint density at radius 2 is 1.82 bits per heavy atom. The maximum atomic E-state index is 13.5. The van der Waals surface area contributed by atoms with Crippen molar-refractivity contribution in [2.45, 2.75) is 26.8 Å². The highest BCUT2D eigenvalue weighted by Crippen LogP contribution is 2.31. The number of carbonyl (C=O) groups is 1. The number of halogens is 1. The number of allylic oxidation sites excluding steroid dienone is 1. The van der Waals surface area contributed by atoms with Crippen LogP contribution in [0.2, 0.25) is 5.02 Å². The molecule has 170 valence electrons. The number of hydrogen-bond acceptors (Lipinski definition) is 6. The summed E-state index contributed by atoms with van der Waals surface area (Å²) in [4.78, 5) is 31.6. The summed E-state index contributed by atoms with van der Waals surface area (Å²) in [6, 6.07) is 14.0. The van der Waals surface area contributed by atoms with Gasteiger partial charge < -0.3 is 9.47 Å². The van der Waals surface area contributed by atoms with E-state index in [1.807, 2.05) is 43.3 Å². The fourth-order valence-electron chi connectivity index (χ4n) is 3.73. The zero-order valence-electron chi connectivity index (χ0n) is 18.5. The van der Waals surface area contributed by atoms with Gasteiger partial charge in [-0.15, -0.1) is 0 Å². The minimum absolute atomic E-state index is 0.220. The second-order valence-electron chi connectivity index (χ2n) is 7.36. The minimum Gasteiger partial charge on any atom is -0.494 e. The van der Waals surface area contributed by atoms with Crippen LogP contribution in [0.3, 0.4) is 0 Å². The van der Waals surface area contributed by atoms with Crippen LogP contribution in [0.15, 0.2) is 69.6 Å². The quantitative estimate of drug-likeness (QED) is 0.500. The standard InChI is InChI=1S/C25H23ClN2O4S/c1-4-31-19-12-8-17(9-13-19)22-21(24(30)32-5-2)15(3)27-25-28(22)23(29)20(33-25)14-16-6-10-18(26)11-7-16/h6-14,22H,4-5H2,1-3H3/b20-14-.